The predicted molar refractivity (Wildman–Crippen MR) is 129 cm³/mol. The van der Waals surface area contributed by atoms with Gasteiger partial charge < -0.3 is 17.7 Å². The van der Waals surface area contributed by atoms with Crippen molar-refractivity contribution in [3.63, 3.8) is 0 Å². The summed E-state index contributed by atoms with van der Waals surface area (Å²) in [5.41, 5.74) is 4.51. The topological polar surface area (TPSA) is 36.9 Å². The average molecular weight is 445 g/mol. The lowest BCUT2D eigenvalue weighted by molar-refractivity contribution is 0.131. The first-order valence-corrected chi connectivity index (χ1v) is 15.6. The van der Waals surface area contributed by atoms with E-state index in [1.165, 1.54) is 0 Å². The lowest BCUT2D eigenvalue weighted by Gasteiger charge is -2.49. The molecule has 0 saturated carbocycles. The third-order valence-electron chi connectivity index (χ3n) is 4.97. The molecule has 0 saturated heterocycles. The van der Waals surface area contributed by atoms with Gasteiger partial charge in [-0.05, 0) is 49.9 Å². The third kappa shape index (κ3) is 8.07. The maximum atomic E-state index is 6.66. The zero-order valence-electron chi connectivity index (χ0n) is 20.5. The van der Waals surface area contributed by atoms with Crippen molar-refractivity contribution in [2.24, 2.45) is 0 Å². The van der Waals surface area contributed by atoms with Crippen molar-refractivity contribution in [1.82, 2.24) is 0 Å². The molecule has 0 aromatic heterocycles. The van der Waals surface area contributed by atoms with Crippen LogP contribution in [0, 0.1) is 0 Å². The van der Waals surface area contributed by atoms with Gasteiger partial charge >= 0.3 is 17.1 Å². The van der Waals surface area contributed by atoms with E-state index in [1.54, 1.807) is 0 Å². The summed E-state index contributed by atoms with van der Waals surface area (Å²) in [7, 11) is -5.58. The summed E-state index contributed by atoms with van der Waals surface area (Å²) in [5, 5.41) is 0. The fourth-order valence-corrected chi connectivity index (χ4v) is 12.5. The standard InChI is InChI=1S/C23H48O4Si2/c1-9-15-21-28(24-17-11-3,25-18-12-4)23(7,8)29(22-16-10-2,26-19-13-5)27-20-14-6/h15-16,21-22H,9-14,17-20H2,1-8H3. The van der Waals surface area contributed by atoms with Crippen LogP contribution in [0.15, 0.2) is 23.6 Å². The van der Waals surface area contributed by atoms with Gasteiger partial charge in [0.05, 0.1) is 4.66 Å². The first-order valence-electron chi connectivity index (χ1n) is 11.8. The highest BCUT2D eigenvalue weighted by molar-refractivity contribution is 6.95. The Morgan fingerprint density at radius 2 is 0.828 bits per heavy atom. The average Bonchev–Trinajstić information content (AvgIpc) is 2.72. The summed E-state index contributed by atoms with van der Waals surface area (Å²) < 4.78 is 26.3. The lowest BCUT2D eigenvalue weighted by atomic mass is 10.5. The van der Waals surface area contributed by atoms with Crippen molar-refractivity contribution < 1.29 is 17.7 Å². The maximum absolute atomic E-state index is 6.66. The molecule has 0 aromatic carbocycles. The molecular weight excluding hydrogens is 396 g/mol. The minimum Gasteiger partial charge on any atom is -0.391 e. The van der Waals surface area contributed by atoms with Crippen molar-refractivity contribution in [3.8, 4) is 0 Å². The molecule has 0 rings (SSSR count). The molecule has 0 N–H and O–H groups in total. The molecule has 0 fully saturated rings. The second-order valence-corrected chi connectivity index (χ2v) is 15.5. The molecule has 0 radical (unpaired) electrons. The molecule has 0 spiro atoms. The monoisotopic (exact) mass is 444 g/mol. The molecule has 0 aliphatic rings. The van der Waals surface area contributed by atoms with Crippen molar-refractivity contribution in [3.05, 3.63) is 23.6 Å². The highest BCUT2D eigenvalue weighted by atomic mass is 28.4. The quantitative estimate of drug-likeness (QED) is 0.215. The second-order valence-electron chi connectivity index (χ2n) is 7.98. The molecule has 29 heavy (non-hydrogen) atoms. The van der Waals surface area contributed by atoms with Crippen LogP contribution in [0.4, 0.5) is 0 Å². The zero-order chi connectivity index (χ0) is 22.2. The Morgan fingerprint density at radius 1 is 0.552 bits per heavy atom. The third-order valence-corrected chi connectivity index (χ3v) is 14.4. The minimum atomic E-state index is -2.79. The van der Waals surface area contributed by atoms with E-state index in [1.807, 2.05) is 0 Å². The molecule has 0 amide bonds. The SMILES string of the molecule is CCC=C[Si](OCCC)(OCCC)C(C)(C)[Si](C=CCC)(OCCC)OCCC. The van der Waals surface area contributed by atoms with Gasteiger partial charge in [0.25, 0.3) is 0 Å². The summed E-state index contributed by atoms with van der Waals surface area (Å²) >= 11 is 0. The summed E-state index contributed by atoms with van der Waals surface area (Å²) in [6.45, 7) is 20.2. The number of allylic oxidation sites excluding steroid dienone is 2. The van der Waals surface area contributed by atoms with Crippen LogP contribution in [-0.4, -0.2) is 43.5 Å². The first kappa shape index (κ1) is 28.8. The van der Waals surface area contributed by atoms with E-state index < -0.39 is 17.1 Å². The molecule has 0 aromatic rings. The summed E-state index contributed by atoms with van der Waals surface area (Å²) in [5.74, 6) is 0. The van der Waals surface area contributed by atoms with Crippen LogP contribution in [0.5, 0.6) is 0 Å². The Labute approximate surface area is 183 Å². The van der Waals surface area contributed by atoms with Gasteiger partial charge in [0, 0.05) is 26.4 Å². The Bertz CT molecular complexity index is 408. The molecule has 4 nitrogen and oxygen atoms in total. The van der Waals surface area contributed by atoms with Crippen LogP contribution in [0.2, 0.25) is 4.66 Å². The van der Waals surface area contributed by atoms with Crippen LogP contribution in [0.1, 0.15) is 93.9 Å². The van der Waals surface area contributed by atoms with Gasteiger partial charge in [0.1, 0.15) is 0 Å². The first-order chi connectivity index (χ1) is 13.9. The molecule has 6 heteroatoms. The summed E-state index contributed by atoms with van der Waals surface area (Å²) in [6, 6.07) is 0. The Morgan fingerprint density at radius 3 is 1.03 bits per heavy atom. The van der Waals surface area contributed by atoms with Gasteiger partial charge in [-0.1, -0.05) is 67.5 Å². The van der Waals surface area contributed by atoms with E-state index in [2.05, 4.69) is 78.9 Å². The van der Waals surface area contributed by atoms with E-state index in [0.717, 1.165) is 38.5 Å². The van der Waals surface area contributed by atoms with Crippen molar-refractivity contribution in [2.75, 3.05) is 26.4 Å². The van der Waals surface area contributed by atoms with E-state index in [9.17, 15) is 0 Å². The van der Waals surface area contributed by atoms with E-state index >= 15 is 0 Å². The minimum absolute atomic E-state index is 0.355. The zero-order valence-corrected chi connectivity index (χ0v) is 22.5. The molecule has 0 aliphatic heterocycles. The van der Waals surface area contributed by atoms with E-state index in [4.69, 9.17) is 17.7 Å². The smallest absolute Gasteiger partial charge is 0.372 e. The predicted octanol–water partition coefficient (Wildman–Crippen LogP) is 6.91. The van der Waals surface area contributed by atoms with Gasteiger partial charge in [-0.3, -0.25) is 0 Å². The van der Waals surface area contributed by atoms with Gasteiger partial charge in [-0.2, -0.15) is 0 Å². The molecular formula is C23H48O4Si2. The number of rotatable bonds is 18. The normalized spacial score (nSPS) is 13.8. The number of hydrogen-bond donors (Lipinski definition) is 0. The Kier molecular flexibility index (Phi) is 15.4. The van der Waals surface area contributed by atoms with E-state index in [0.29, 0.717) is 26.4 Å². The Balaban J connectivity index is 6.57. The van der Waals surface area contributed by atoms with Crippen LogP contribution in [-0.2, 0) is 17.7 Å². The largest absolute Gasteiger partial charge is 0.391 e. The maximum Gasteiger partial charge on any atom is 0.372 e. The van der Waals surface area contributed by atoms with Crippen molar-refractivity contribution in [2.45, 2.75) is 98.6 Å². The second kappa shape index (κ2) is 15.5. The number of hydrogen-bond acceptors (Lipinski definition) is 4. The highest BCUT2D eigenvalue weighted by Gasteiger charge is 2.65. The highest BCUT2D eigenvalue weighted by Crippen LogP contribution is 2.49. The van der Waals surface area contributed by atoms with Gasteiger partial charge in [-0.15, -0.1) is 0 Å². The van der Waals surface area contributed by atoms with Crippen molar-refractivity contribution >= 4 is 17.1 Å². The molecule has 0 bridgehead atoms. The van der Waals surface area contributed by atoms with Gasteiger partial charge in [0.15, 0.2) is 0 Å². The molecule has 0 atom stereocenters. The molecule has 0 unspecified atom stereocenters. The summed E-state index contributed by atoms with van der Waals surface area (Å²) in [6.07, 6.45) is 10.2. The van der Waals surface area contributed by atoms with Crippen LogP contribution < -0.4 is 0 Å². The van der Waals surface area contributed by atoms with E-state index in [-0.39, 0.29) is 4.66 Å². The molecule has 0 heterocycles. The van der Waals surface area contributed by atoms with Crippen LogP contribution in [0.3, 0.4) is 0 Å². The van der Waals surface area contributed by atoms with Gasteiger partial charge in [-0.25, -0.2) is 0 Å². The van der Waals surface area contributed by atoms with Gasteiger partial charge in [0.2, 0.25) is 0 Å². The molecule has 172 valence electrons. The Hall–Kier alpha value is -0.246. The van der Waals surface area contributed by atoms with Crippen LogP contribution in [0.25, 0.3) is 0 Å². The van der Waals surface area contributed by atoms with Crippen LogP contribution >= 0.6 is 0 Å². The fraction of sp³-hybridized carbons (Fsp3) is 0.826. The fourth-order valence-electron chi connectivity index (χ4n) is 3.22. The summed E-state index contributed by atoms with van der Waals surface area (Å²) in [4.78, 5) is 0. The lowest BCUT2D eigenvalue weighted by Crippen LogP contribution is -2.65. The van der Waals surface area contributed by atoms with Crippen molar-refractivity contribution in [1.29, 1.82) is 0 Å². The molecule has 0 aliphatic carbocycles.